The van der Waals surface area contributed by atoms with E-state index in [-0.39, 0.29) is 11.9 Å². The monoisotopic (exact) mass is 650 g/mol. The number of nitrogens with one attached hydrogen (secondary N) is 1. The number of esters is 1. The Balaban J connectivity index is -0.000000325. The average molecular weight is 651 g/mol. The number of primary amides is 1. The van der Waals surface area contributed by atoms with Crippen LogP contribution >= 0.6 is 11.8 Å². The lowest BCUT2D eigenvalue weighted by atomic mass is 10.0. The standard InChI is InChI=1S/C20H33NO2S.C8H14.C2H3F3O.C2H5NO.C2H6/c1-9-21-15(3)13-16-10-11-17(12-14(16)2)24-20(7,8)18(22)23-19(4,5)6;1-4-5-6-7-8(2)3;1-6-2(3,4)5;1-2(3)4;1-2/h10-12,15,21H,9,13H2,1-8H3;4-5H,2,6-7H2,1,3H3;1H3;1H3,(H2,3,4);1-2H3/b;5-4-;;;/t15-;;;;/m0..../s1. The summed E-state index contributed by atoms with van der Waals surface area (Å²) in [6, 6.07) is 6.92. The van der Waals surface area contributed by atoms with Gasteiger partial charge in [0.05, 0.1) is 0 Å². The molecule has 0 unspecified atom stereocenters. The van der Waals surface area contributed by atoms with Crippen LogP contribution in [0.1, 0.15) is 107 Å². The van der Waals surface area contributed by atoms with E-state index in [0.717, 1.165) is 30.7 Å². The molecular weight excluding hydrogens is 589 g/mol. The van der Waals surface area contributed by atoms with Crippen molar-refractivity contribution in [2.75, 3.05) is 13.7 Å². The highest BCUT2D eigenvalue weighted by molar-refractivity contribution is 8.01. The van der Waals surface area contributed by atoms with Crippen molar-refractivity contribution in [1.82, 2.24) is 5.32 Å². The first-order valence-corrected chi connectivity index (χ1v) is 15.7. The maximum absolute atomic E-state index is 12.4. The van der Waals surface area contributed by atoms with E-state index >= 15 is 0 Å². The molecule has 0 aliphatic carbocycles. The third-order valence-corrected chi connectivity index (χ3v) is 6.03. The summed E-state index contributed by atoms with van der Waals surface area (Å²) in [5.41, 5.74) is 7.90. The van der Waals surface area contributed by atoms with E-state index in [4.69, 9.17) is 4.74 Å². The van der Waals surface area contributed by atoms with Gasteiger partial charge in [-0.15, -0.1) is 31.5 Å². The van der Waals surface area contributed by atoms with E-state index in [1.54, 1.807) is 11.8 Å². The number of nitrogens with two attached hydrogens (primary N) is 1. The highest BCUT2D eigenvalue weighted by Crippen LogP contribution is 2.35. The Morgan fingerprint density at radius 3 is 1.93 bits per heavy atom. The molecule has 1 rings (SSSR count). The molecule has 1 atom stereocenters. The van der Waals surface area contributed by atoms with Gasteiger partial charge >= 0.3 is 12.3 Å². The molecule has 0 aliphatic rings. The van der Waals surface area contributed by atoms with E-state index in [2.05, 4.69) is 80.4 Å². The fourth-order valence-corrected chi connectivity index (χ4v) is 4.03. The minimum absolute atomic E-state index is 0.178. The van der Waals surface area contributed by atoms with Crippen LogP contribution in [-0.2, 0) is 25.5 Å². The van der Waals surface area contributed by atoms with Crippen LogP contribution in [0.3, 0.4) is 0 Å². The molecule has 1 aromatic carbocycles. The number of carbonyl (C=O) groups is 2. The van der Waals surface area contributed by atoms with Crippen LogP contribution in [-0.4, -0.2) is 48.3 Å². The molecule has 0 saturated heterocycles. The second-order valence-corrected chi connectivity index (χ2v) is 12.9. The van der Waals surface area contributed by atoms with Crippen LogP contribution < -0.4 is 11.1 Å². The van der Waals surface area contributed by atoms with Crippen molar-refractivity contribution in [3.63, 3.8) is 0 Å². The molecule has 0 aliphatic heterocycles. The SMILES string of the molecule is C=C(C)CC/C=C\C.CC.CC(N)=O.CCN[C@@H](C)Cc1ccc(SC(C)(C)C(=O)OC(C)(C)C)cc1C.COC(F)(F)F. The molecule has 0 bridgehead atoms. The second kappa shape index (κ2) is 26.0. The van der Waals surface area contributed by atoms with Crippen molar-refractivity contribution in [3.8, 4) is 0 Å². The number of amides is 1. The number of hydrogen-bond acceptors (Lipinski definition) is 6. The Kier molecular flexibility index (Phi) is 28.7. The highest BCUT2D eigenvalue weighted by Gasteiger charge is 2.33. The van der Waals surface area contributed by atoms with Gasteiger partial charge in [-0.3, -0.25) is 14.3 Å². The van der Waals surface area contributed by atoms with Crippen molar-refractivity contribution < 1.29 is 32.2 Å². The molecular formula is C34H61F3N2O4S. The number of thioether (sulfide) groups is 1. The predicted octanol–water partition coefficient (Wildman–Crippen LogP) is 9.34. The van der Waals surface area contributed by atoms with E-state index < -0.39 is 16.7 Å². The van der Waals surface area contributed by atoms with Crippen LogP contribution in [0.4, 0.5) is 13.2 Å². The summed E-state index contributed by atoms with van der Waals surface area (Å²) in [4.78, 5) is 22.7. The lowest BCUT2D eigenvalue weighted by Gasteiger charge is -2.28. The van der Waals surface area contributed by atoms with E-state index in [9.17, 15) is 22.8 Å². The zero-order chi connectivity index (χ0) is 35.7. The molecule has 1 amide bonds. The van der Waals surface area contributed by atoms with Crippen molar-refractivity contribution in [3.05, 3.63) is 53.6 Å². The fourth-order valence-electron chi connectivity index (χ4n) is 2.95. The Morgan fingerprint density at radius 2 is 1.59 bits per heavy atom. The topological polar surface area (TPSA) is 90.7 Å². The van der Waals surface area contributed by atoms with Gasteiger partial charge in [0.15, 0.2) is 0 Å². The third kappa shape index (κ3) is 34.2. The molecule has 0 aromatic heterocycles. The van der Waals surface area contributed by atoms with E-state index in [0.29, 0.717) is 13.2 Å². The highest BCUT2D eigenvalue weighted by atomic mass is 32.2. The van der Waals surface area contributed by atoms with Gasteiger partial charge in [-0.25, -0.2) is 0 Å². The average Bonchev–Trinajstić information content (AvgIpc) is 2.86. The Bertz CT molecular complexity index is 953. The summed E-state index contributed by atoms with van der Waals surface area (Å²) in [5, 5.41) is 3.44. The third-order valence-electron chi connectivity index (χ3n) is 4.86. The zero-order valence-electron chi connectivity index (χ0n) is 29.8. The van der Waals surface area contributed by atoms with Gasteiger partial charge in [0.1, 0.15) is 10.3 Å². The van der Waals surface area contributed by atoms with Crippen LogP contribution in [0.25, 0.3) is 0 Å². The van der Waals surface area contributed by atoms with Gasteiger partial charge in [0.25, 0.3) is 0 Å². The van der Waals surface area contributed by atoms with Crippen LogP contribution in [0.2, 0.25) is 0 Å². The Hall–Kier alpha value is -2.30. The summed E-state index contributed by atoms with van der Waals surface area (Å²) in [7, 11) is 0.583. The van der Waals surface area contributed by atoms with Crippen LogP contribution in [0, 0.1) is 6.92 Å². The van der Waals surface area contributed by atoms with Gasteiger partial charge in [-0.2, -0.15) is 0 Å². The second-order valence-electron chi connectivity index (χ2n) is 11.2. The van der Waals surface area contributed by atoms with E-state index in [1.807, 2.05) is 55.4 Å². The number of aryl methyl sites for hydroxylation is 1. The molecule has 44 heavy (non-hydrogen) atoms. The summed E-state index contributed by atoms with van der Waals surface area (Å²) < 4.78 is 39.6. The summed E-state index contributed by atoms with van der Waals surface area (Å²) in [6.45, 7) is 30.2. The van der Waals surface area contributed by atoms with Crippen molar-refractivity contribution in [1.29, 1.82) is 0 Å². The lowest BCUT2D eigenvalue weighted by molar-refractivity contribution is -0.311. The van der Waals surface area contributed by atoms with Gasteiger partial charge in [0.2, 0.25) is 5.91 Å². The number of benzene rings is 1. The molecule has 0 heterocycles. The van der Waals surface area contributed by atoms with Crippen LogP contribution in [0.5, 0.6) is 0 Å². The fraction of sp³-hybridized carbons (Fsp3) is 0.647. The molecule has 258 valence electrons. The van der Waals surface area contributed by atoms with Crippen molar-refractivity contribution in [2.45, 2.75) is 137 Å². The van der Waals surface area contributed by atoms with Gasteiger partial charge in [-0.05, 0) is 111 Å². The first-order valence-electron chi connectivity index (χ1n) is 14.9. The molecule has 0 saturated carbocycles. The quantitative estimate of drug-likeness (QED) is 0.149. The number of allylic oxidation sites excluding steroid dienone is 3. The molecule has 0 fully saturated rings. The summed E-state index contributed by atoms with van der Waals surface area (Å²) in [5.74, 6) is -0.512. The summed E-state index contributed by atoms with van der Waals surface area (Å²) in [6.07, 6.45) is 3.06. The maximum Gasteiger partial charge on any atom is 0.522 e. The number of carbonyl (C=O) groups excluding carboxylic acids is 2. The van der Waals surface area contributed by atoms with Crippen molar-refractivity contribution in [2.24, 2.45) is 5.73 Å². The van der Waals surface area contributed by atoms with E-state index in [1.165, 1.54) is 23.6 Å². The summed E-state index contributed by atoms with van der Waals surface area (Å²) >= 11 is 1.56. The molecule has 10 heteroatoms. The molecule has 6 nitrogen and oxygen atoms in total. The molecule has 1 aromatic rings. The predicted molar refractivity (Wildman–Crippen MR) is 182 cm³/mol. The molecule has 0 radical (unpaired) electrons. The number of ether oxygens (including phenoxy) is 2. The van der Waals surface area contributed by atoms with Gasteiger partial charge in [-0.1, -0.05) is 44.6 Å². The molecule has 3 N–H and O–H groups in total. The number of alkyl halides is 3. The lowest BCUT2D eigenvalue weighted by Crippen LogP contribution is -2.36. The number of rotatable bonds is 10. The smallest absolute Gasteiger partial charge is 0.459 e. The van der Waals surface area contributed by atoms with Crippen molar-refractivity contribution >= 4 is 23.6 Å². The number of halogens is 3. The minimum Gasteiger partial charge on any atom is -0.459 e. The Morgan fingerprint density at radius 1 is 1.11 bits per heavy atom. The number of hydrogen-bond donors (Lipinski definition) is 2. The van der Waals surface area contributed by atoms with Gasteiger partial charge in [0, 0.05) is 25.0 Å². The first-order chi connectivity index (χ1) is 20.0. The minimum atomic E-state index is -4.46. The first kappa shape index (κ1) is 48.6. The molecule has 0 spiro atoms. The number of likely N-dealkylation sites (N-methyl/N-ethyl adjacent to an activating group) is 1. The Labute approximate surface area is 270 Å². The van der Waals surface area contributed by atoms with Gasteiger partial charge < -0.3 is 15.8 Å². The largest absolute Gasteiger partial charge is 0.522 e. The normalized spacial score (nSPS) is 11.7. The van der Waals surface area contributed by atoms with Crippen LogP contribution in [0.15, 0.2) is 47.4 Å². The zero-order valence-corrected chi connectivity index (χ0v) is 30.6. The number of methoxy groups -OCH3 is 1. The maximum atomic E-state index is 12.4.